The van der Waals surface area contributed by atoms with Crippen LogP contribution in [-0.2, 0) is 9.63 Å². The van der Waals surface area contributed by atoms with E-state index in [4.69, 9.17) is 9.94 Å². The van der Waals surface area contributed by atoms with Crippen molar-refractivity contribution in [2.45, 2.75) is 18.9 Å². The van der Waals surface area contributed by atoms with E-state index >= 15 is 0 Å². The molecule has 0 aromatic heterocycles. The molecule has 0 bridgehead atoms. The van der Waals surface area contributed by atoms with E-state index < -0.39 is 12.0 Å². The molecule has 134 valence electrons. The van der Waals surface area contributed by atoms with E-state index in [2.05, 4.69) is 5.16 Å². The fourth-order valence-electron chi connectivity index (χ4n) is 3.19. The first-order valence-electron chi connectivity index (χ1n) is 8.35. The highest BCUT2D eigenvalue weighted by Crippen LogP contribution is 2.24. The highest BCUT2D eigenvalue weighted by atomic mass is 16.6. The minimum absolute atomic E-state index is 0.115. The molecule has 1 aliphatic heterocycles. The van der Waals surface area contributed by atoms with Gasteiger partial charge in [0.15, 0.2) is 0 Å². The summed E-state index contributed by atoms with van der Waals surface area (Å²) < 4.78 is 0. The van der Waals surface area contributed by atoms with Crippen LogP contribution in [0, 0.1) is 0 Å². The Bertz CT molecular complexity index is 815. The van der Waals surface area contributed by atoms with Gasteiger partial charge in [0.25, 0.3) is 5.91 Å². The Morgan fingerprint density at radius 1 is 1.12 bits per heavy atom. The summed E-state index contributed by atoms with van der Waals surface area (Å²) in [6.45, 7) is 0.283. The normalized spacial score (nSPS) is 18.1. The number of nitrogens with zero attached hydrogens (tertiary/aromatic N) is 2. The Labute approximate surface area is 151 Å². The van der Waals surface area contributed by atoms with Crippen LogP contribution < -0.4 is 0 Å². The third-order valence-corrected chi connectivity index (χ3v) is 4.40. The molecular weight excluding hydrogens is 332 g/mol. The van der Waals surface area contributed by atoms with Crippen LogP contribution in [0.4, 0.5) is 0 Å². The zero-order valence-corrected chi connectivity index (χ0v) is 14.5. The van der Waals surface area contributed by atoms with Gasteiger partial charge in [-0.25, -0.2) is 0 Å². The standard InChI is InChI=1S/C20H20N2O4/c1-26-21-17-11-18(12-19(23)24)22(13-17)20(25)16-9-7-15(8-10-16)14-5-3-2-4-6-14/h2-10,18H,11-13H2,1H3,(H,23,24)/b21-17-. The van der Waals surface area contributed by atoms with Crippen LogP contribution in [0.3, 0.4) is 0 Å². The molecule has 1 fully saturated rings. The van der Waals surface area contributed by atoms with Gasteiger partial charge in [-0.1, -0.05) is 47.6 Å². The van der Waals surface area contributed by atoms with E-state index in [-0.39, 0.29) is 18.9 Å². The van der Waals surface area contributed by atoms with Crippen molar-refractivity contribution in [3.05, 3.63) is 60.2 Å². The smallest absolute Gasteiger partial charge is 0.305 e. The van der Waals surface area contributed by atoms with E-state index in [1.165, 1.54) is 7.11 Å². The third-order valence-electron chi connectivity index (χ3n) is 4.40. The number of hydrogen-bond donors (Lipinski definition) is 1. The third kappa shape index (κ3) is 3.91. The summed E-state index contributed by atoms with van der Waals surface area (Å²) in [6, 6.07) is 16.8. The Balaban J connectivity index is 1.80. The van der Waals surface area contributed by atoms with Gasteiger partial charge < -0.3 is 14.8 Å². The maximum atomic E-state index is 12.9. The molecule has 2 aromatic carbocycles. The van der Waals surface area contributed by atoms with Gasteiger partial charge in [0.05, 0.1) is 18.7 Å². The molecule has 1 unspecified atom stereocenters. The molecule has 6 heteroatoms. The van der Waals surface area contributed by atoms with Crippen molar-refractivity contribution >= 4 is 17.6 Å². The van der Waals surface area contributed by atoms with Gasteiger partial charge >= 0.3 is 5.97 Å². The molecule has 1 saturated heterocycles. The lowest BCUT2D eigenvalue weighted by atomic mass is 10.0. The fourth-order valence-corrected chi connectivity index (χ4v) is 3.19. The van der Waals surface area contributed by atoms with Crippen LogP contribution >= 0.6 is 0 Å². The molecule has 1 N–H and O–H groups in total. The fraction of sp³-hybridized carbons (Fsp3) is 0.250. The van der Waals surface area contributed by atoms with Crippen molar-refractivity contribution in [1.82, 2.24) is 4.90 Å². The SMILES string of the molecule is CO/N=C1/CC(CC(=O)O)N(C(=O)c2ccc(-c3ccccc3)cc2)C1. The largest absolute Gasteiger partial charge is 0.481 e. The number of carbonyl (C=O) groups is 2. The summed E-state index contributed by atoms with van der Waals surface area (Å²) in [5.41, 5.74) is 3.30. The lowest BCUT2D eigenvalue weighted by molar-refractivity contribution is -0.137. The van der Waals surface area contributed by atoms with Crippen molar-refractivity contribution in [3.63, 3.8) is 0 Å². The Hall–Kier alpha value is -3.15. The predicted molar refractivity (Wildman–Crippen MR) is 98.0 cm³/mol. The quantitative estimate of drug-likeness (QED) is 0.839. The molecule has 0 radical (unpaired) electrons. The summed E-state index contributed by atoms with van der Waals surface area (Å²) in [7, 11) is 1.44. The van der Waals surface area contributed by atoms with Crippen molar-refractivity contribution in [2.75, 3.05) is 13.7 Å². The summed E-state index contributed by atoms with van der Waals surface area (Å²) in [5, 5.41) is 13.0. The minimum atomic E-state index is -0.939. The lowest BCUT2D eigenvalue weighted by Gasteiger charge is -2.23. The molecule has 1 amide bonds. The monoisotopic (exact) mass is 352 g/mol. The van der Waals surface area contributed by atoms with E-state index in [1.54, 1.807) is 17.0 Å². The highest BCUT2D eigenvalue weighted by molar-refractivity contribution is 6.01. The molecular formula is C20H20N2O4. The van der Waals surface area contributed by atoms with Crippen LogP contribution in [-0.4, -0.2) is 47.3 Å². The Kier molecular flexibility index (Phi) is 5.31. The summed E-state index contributed by atoms with van der Waals surface area (Å²) in [6.07, 6.45) is 0.296. The van der Waals surface area contributed by atoms with E-state index in [1.807, 2.05) is 42.5 Å². The molecule has 1 aliphatic rings. The summed E-state index contributed by atoms with van der Waals surface area (Å²) in [5.74, 6) is -1.14. The number of likely N-dealkylation sites (tertiary alicyclic amines) is 1. The average molecular weight is 352 g/mol. The van der Waals surface area contributed by atoms with Gasteiger partial charge in [-0.05, 0) is 23.3 Å². The topological polar surface area (TPSA) is 79.2 Å². The molecule has 1 atom stereocenters. The predicted octanol–water partition coefficient (Wildman–Crippen LogP) is 3.05. The number of rotatable bonds is 5. The second-order valence-corrected chi connectivity index (χ2v) is 6.17. The van der Waals surface area contributed by atoms with Gasteiger partial charge in [-0.15, -0.1) is 0 Å². The average Bonchev–Trinajstić information content (AvgIpc) is 3.04. The molecule has 1 heterocycles. The molecule has 6 nitrogen and oxygen atoms in total. The van der Waals surface area contributed by atoms with Crippen LogP contribution in [0.25, 0.3) is 11.1 Å². The number of oxime groups is 1. The van der Waals surface area contributed by atoms with Crippen LogP contribution in [0.1, 0.15) is 23.2 Å². The first-order chi connectivity index (χ1) is 12.6. The molecule has 0 saturated carbocycles. The lowest BCUT2D eigenvalue weighted by Crippen LogP contribution is -2.37. The van der Waals surface area contributed by atoms with Gasteiger partial charge in [0.1, 0.15) is 7.11 Å². The van der Waals surface area contributed by atoms with Crippen LogP contribution in [0.15, 0.2) is 59.8 Å². The van der Waals surface area contributed by atoms with Crippen molar-refractivity contribution in [3.8, 4) is 11.1 Å². The Morgan fingerprint density at radius 3 is 2.38 bits per heavy atom. The van der Waals surface area contributed by atoms with Gasteiger partial charge in [0.2, 0.25) is 0 Å². The second-order valence-electron chi connectivity index (χ2n) is 6.17. The van der Waals surface area contributed by atoms with Gasteiger partial charge in [-0.3, -0.25) is 9.59 Å². The van der Waals surface area contributed by atoms with Crippen LogP contribution in [0.2, 0.25) is 0 Å². The number of carboxylic acid groups (broad SMARTS) is 1. The van der Waals surface area contributed by atoms with Gasteiger partial charge in [-0.2, -0.15) is 0 Å². The molecule has 0 aliphatic carbocycles. The van der Waals surface area contributed by atoms with Crippen molar-refractivity contribution < 1.29 is 19.5 Å². The van der Waals surface area contributed by atoms with Gasteiger partial charge in [0, 0.05) is 18.0 Å². The number of amides is 1. The number of aliphatic carboxylic acids is 1. The van der Waals surface area contributed by atoms with E-state index in [9.17, 15) is 9.59 Å². The maximum Gasteiger partial charge on any atom is 0.305 e. The molecule has 0 spiro atoms. The molecule has 2 aromatic rings. The number of carboxylic acids is 1. The zero-order valence-electron chi connectivity index (χ0n) is 14.5. The summed E-state index contributed by atoms with van der Waals surface area (Å²) >= 11 is 0. The Morgan fingerprint density at radius 2 is 1.77 bits per heavy atom. The molecule has 3 rings (SSSR count). The number of benzene rings is 2. The second kappa shape index (κ2) is 7.82. The zero-order chi connectivity index (χ0) is 18.5. The number of hydrogen-bond acceptors (Lipinski definition) is 4. The van der Waals surface area contributed by atoms with E-state index in [0.717, 1.165) is 11.1 Å². The van der Waals surface area contributed by atoms with Crippen molar-refractivity contribution in [2.24, 2.45) is 5.16 Å². The van der Waals surface area contributed by atoms with Crippen molar-refractivity contribution in [1.29, 1.82) is 0 Å². The summed E-state index contributed by atoms with van der Waals surface area (Å²) in [4.78, 5) is 30.3. The minimum Gasteiger partial charge on any atom is -0.481 e. The molecule has 26 heavy (non-hydrogen) atoms. The highest BCUT2D eigenvalue weighted by Gasteiger charge is 2.35. The first kappa shape index (κ1) is 17.7. The number of carbonyl (C=O) groups excluding carboxylic acids is 1. The van der Waals surface area contributed by atoms with E-state index in [0.29, 0.717) is 17.7 Å². The maximum absolute atomic E-state index is 12.9. The first-order valence-corrected chi connectivity index (χ1v) is 8.35. The van der Waals surface area contributed by atoms with Crippen LogP contribution in [0.5, 0.6) is 0 Å².